The molecule has 0 aromatic heterocycles. The minimum absolute atomic E-state index is 0.117. The Bertz CT molecular complexity index is 152. The van der Waals surface area contributed by atoms with Gasteiger partial charge in [0.05, 0.1) is 6.04 Å². The van der Waals surface area contributed by atoms with Crippen molar-refractivity contribution in [3.05, 3.63) is 0 Å². The number of carbonyl (C=O) groups is 1. The average Bonchev–Trinajstić information content (AvgIpc) is 1.82. The van der Waals surface area contributed by atoms with Gasteiger partial charge in [0, 0.05) is 13.1 Å². The van der Waals surface area contributed by atoms with Gasteiger partial charge in [-0.1, -0.05) is 13.8 Å². The highest BCUT2D eigenvalue weighted by molar-refractivity contribution is 5.82. The number of hydrogen-bond donors (Lipinski definition) is 1. The highest BCUT2D eigenvalue weighted by Gasteiger charge is 2.26. The van der Waals surface area contributed by atoms with Crippen LogP contribution in [0.5, 0.6) is 0 Å². The van der Waals surface area contributed by atoms with Crippen LogP contribution >= 0.6 is 0 Å². The molecule has 1 fully saturated rings. The van der Waals surface area contributed by atoms with E-state index in [1.807, 2.05) is 18.7 Å². The number of carbonyl (C=O) groups excluding carboxylic acids is 1. The van der Waals surface area contributed by atoms with Gasteiger partial charge in [-0.05, 0) is 12.3 Å². The summed E-state index contributed by atoms with van der Waals surface area (Å²) < 4.78 is 0. The first-order chi connectivity index (χ1) is 5.13. The normalized spacial score (nSPS) is 19.8. The van der Waals surface area contributed by atoms with Gasteiger partial charge >= 0.3 is 0 Å². The van der Waals surface area contributed by atoms with Crippen LogP contribution in [0, 0.1) is 5.92 Å². The Morgan fingerprint density at radius 1 is 1.45 bits per heavy atom. The Balaban J connectivity index is 2.39. The molecule has 0 aromatic carbocycles. The lowest BCUT2D eigenvalue weighted by molar-refractivity contribution is -0.137. The maximum atomic E-state index is 11.4. The zero-order valence-corrected chi connectivity index (χ0v) is 7.21. The summed E-state index contributed by atoms with van der Waals surface area (Å²) in [5.74, 6) is 0.370. The molecule has 1 rings (SSSR count). The highest BCUT2D eigenvalue weighted by atomic mass is 16.2. The van der Waals surface area contributed by atoms with Gasteiger partial charge in [0.15, 0.2) is 0 Å². The number of amides is 1. The highest BCUT2D eigenvalue weighted by Crippen LogP contribution is 2.10. The number of likely N-dealkylation sites (tertiary alicyclic amines) is 1. The minimum atomic E-state index is -0.296. The van der Waals surface area contributed by atoms with E-state index in [1.165, 1.54) is 0 Å². The van der Waals surface area contributed by atoms with Gasteiger partial charge in [-0.15, -0.1) is 0 Å². The first-order valence-corrected chi connectivity index (χ1v) is 4.17. The third-order valence-electron chi connectivity index (χ3n) is 2.17. The van der Waals surface area contributed by atoms with Crippen LogP contribution in [-0.4, -0.2) is 29.9 Å². The Labute approximate surface area is 67.5 Å². The predicted molar refractivity (Wildman–Crippen MR) is 44.0 cm³/mol. The van der Waals surface area contributed by atoms with Crippen LogP contribution in [0.2, 0.25) is 0 Å². The molecule has 1 heterocycles. The molecular formula is C8H16N2O. The number of nitrogens with zero attached hydrogens (tertiary/aromatic N) is 1. The molecule has 0 saturated carbocycles. The summed E-state index contributed by atoms with van der Waals surface area (Å²) in [4.78, 5) is 13.2. The maximum absolute atomic E-state index is 11.4. The van der Waals surface area contributed by atoms with Crippen molar-refractivity contribution < 1.29 is 4.79 Å². The van der Waals surface area contributed by atoms with E-state index in [0.29, 0.717) is 0 Å². The van der Waals surface area contributed by atoms with E-state index in [-0.39, 0.29) is 17.9 Å². The summed E-state index contributed by atoms with van der Waals surface area (Å²) in [5, 5.41) is 0. The topological polar surface area (TPSA) is 46.3 Å². The fraction of sp³-hybridized carbons (Fsp3) is 0.875. The van der Waals surface area contributed by atoms with E-state index < -0.39 is 0 Å². The second-order valence-electron chi connectivity index (χ2n) is 3.45. The van der Waals surface area contributed by atoms with Crippen LogP contribution in [0.15, 0.2) is 0 Å². The molecule has 3 heteroatoms. The van der Waals surface area contributed by atoms with Crippen molar-refractivity contribution in [2.75, 3.05) is 13.1 Å². The van der Waals surface area contributed by atoms with E-state index in [4.69, 9.17) is 5.73 Å². The van der Waals surface area contributed by atoms with E-state index >= 15 is 0 Å². The molecule has 1 aliphatic rings. The van der Waals surface area contributed by atoms with Crippen molar-refractivity contribution in [3.63, 3.8) is 0 Å². The summed E-state index contributed by atoms with van der Waals surface area (Å²) in [6.45, 7) is 5.75. The molecule has 0 unspecified atom stereocenters. The molecule has 11 heavy (non-hydrogen) atoms. The number of hydrogen-bond acceptors (Lipinski definition) is 2. The molecule has 0 spiro atoms. The Hall–Kier alpha value is -0.570. The Morgan fingerprint density at radius 2 is 2.00 bits per heavy atom. The first kappa shape index (κ1) is 8.53. The van der Waals surface area contributed by atoms with Gasteiger partial charge in [0.25, 0.3) is 0 Å². The standard InChI is InChI=1S/C8H16N2O/c1-6(2)7(9)8(11)10-4-3-5-10/h6-7H,3-5,9H2,1-2H3/t7-/m1/s1. The summed E-state index contributed by atoms with van der Waals surface area (Å²) >= 11 is 0. The fourth-order valence-corrected chi connectivity index (χ4v) is 1.03. The van der Waals surface area contributed by atoms with Gasteiger partial charge in [-0.25, -0.2) is 0 Å². The third kappa shape index (κ3) is 1.71. The van der Waals surface area contributed by atoms with Crippen molar-refractivity contribution in [1.29, 1.82) is 0 Å². The SMILES string of the molecule is CC(C)[C@@H](N)C(=O)N1CCC1. The number of nitrogens with two attached hydrogens (primary N) is 1. The van der Waals surface area contributed by atoms with Gasteiger partial charge in [0.2, 0.25) is 5.91 Å². The van der Waals surface area contributed by atoms with Crippen molar-refractivity contribution in [2.24, 2.45) is 11.7 Å². The van der Waals surface area contributed by atoms with Crippen LogP contribution in [0.3, 0.4) is 0 Å². The lowest BCUT2D eigenvalue weighted by Gasteiger charge is -2.33. The van der Waals surface area contributed by atoms with E-state index in [2.05, 4.69) is 0 Å². The fourth-order valence-electron chi connectivity index (χ4n) is 1.03. The minimum Gasteiger partial charge on any atom is -0.341 e. The molecule has 1 saturated heterocycles. The zero-order chi connectivity index (χ0) is 8.43. The average molecular weight is 156 g/mol. The van der Waals surface area contributed by atoms with Gasteiger partial charge in [-0.3, -0.25) is 4.79 Å². The van der Waals surface area contributed by atoms with E-state index in [0.717, 1.165) is 19.5 Å². The van der Waals surface area contributed by atoms with Gasteiger partial charge in [0.1, 0.15) is 0 Å². The molecular weight excluding hydrogens is 140 g/mol. The van der Waals surface area contributed by atoms with Crippen molar-refractivity contribution in [2.45, 2.75) is 26.3 Å². The largest absolute Gasteiger partial charge is 0.341 e. The summed E-state index contributed by atoms with van der Waals surface area (Å²) in [5.41, 5.74) is 5.68. The number of rotatable bonds is 2. The first-order valence-electron chi connectivity index (χ1n) is 4.17. The van der Waals surface area contributed by atoms with Crippen molar-refractivity contribution >= 4 is 5.91 Å². The van der Waals surface area contributed by atoms with Crippen LogP contribution in [0.4, 0.5) is 0 Å². The summed E-state index contributed by atoms with van der Waals surface area (Å²) in [6, 6.07) is -0.296. The maximum Gasteiger partial charge on any atom is 0.239 e. The third-order valence-corrected chi connectivity index (χ3v) is 2.17. The molecule has 3 nitrogen and oxygen atoms in total. The molecule has 0 radical (unpaired) electrons. The van der Waals surface area contributed by atoms with E-state index in [1.54, 1.807) is 0 Å². The van der Waals surface area contributed by atoms with E-state index in [9.17, 15) is 4.79 Å². The van der Waals surface area contributed by atoms with Crippen LogP contribution in [0.25, 0.3) is 0 Å². The quantitative estimate of drug-likeness (QED) is 0.621. The smallest absolute Gasteiger partial charge is 0.239 e. The molecule has 0 aromatic rings. The van der Waals surface area contributed by atoms with Gasteiger partial charge < -0.3 is 10.6 Å². The Morgan fingerprint density at radius 3 is 2.27 bits per heavy atom. The molecule has 0 aliphatic carbocycles. The summed E-state index contributed by atoms with van der Waals surface area (Å²) in [7, 11) is 0. The molecule has 64 valence electrons. The van der Waals surface area contributed by atoms with Crippen molar-refractivity contribution in [1.82, 2.24) is 4.90 Å². The van der Waals surface area contributed by atoms with Gasteiger partial charge in [-0.2, -0.15) is 0 Å². The molecule has 1 atom stereocenters. The molecule has 0 bridgehead atoms. The predicted octanol–water partition coefficient (Wildman–Crippen LogP) is 0.202. The molecule has 2 N–H and O–H groups in total. The molecule has 1 aliphatic heterocycles. The Kier molecular flexibility index (Phi) is 2.49. The lowest BCUT2D eigenvalue weighted by Crippen LogP contribution is -2.51. The van der Waals surface area contributed by atoms with Crippen LogP contribution in [0.1, 0.15) is 20.3 Å². The molecule has 1 amide bonds. The van der Waals surface area contributed by atoms with Crippen LogP contribution < -0.4 is 5.73 Å². The lowest BCUT2D eigenvalue weighted by atomic mass is 10.0. The second kappa shape index (κ2) is 3.22. The monoisotopic (exact) mass is 156 g/mol. The second-order valence-corrected chi connectivity index (χ2v) is 3.45. The van der Waals surface area contributed by atoms with Crippen molar-refractivity contribution in [3.8, 4) is 0 Å². The van der Waals surface area contributed by atoms with Crippen LogP contribution in [-0.2, 0) is 4.79 Å². The zero-order valence-electron chi connectivity index (χ0n) is 7.21. The summed E-state index contributed by atoms with van der Waals surface area (Å²) in [6.07, 6.45) is 1.14.